The van der Waals surface area contributed by atoms with Gasteiger partial charge in [-0.25, -0.2) is 0 Å². The molecule has 24 heavy (non-hydrogen) atoms. The van der Waals surface area contributed by atoms with Crippen molar-refractivity contribution in [2.45, 2.75) is 26.8 Å². The third-order valence-corrected chi connectivity index (χ3v) is 3.69. The number of nitrogens with one attached hydrogen (secondary N) is 2. The van der Waals surface area contributed by atoms with Crippen LogP contribution in [0.15, 0.2) is 60.3 Å². The van der Waals surface area contributed by atoms with E-state index in [0.29, 0.717) is 0 Å². The fourth-order valence-electron chi connectivity index (χ4n) is 2.35. The van der Waals surface area contributed by atoms with Gasteiger partial charge in [0.25, 0.3) is 5.91 Å². The van der Waals surface area contributed by atoms with Gasteiger partial charge in [0.2, 0.25) is 5.91 Å². The molecular weight excluding hydrogens is 300 g/mol. The number of benzene rings is 2. The summed E-state index contributed by atoms with van der Waals surface area (Å²) in [6, 6.07) is 17.2. The molecule has 4 nitrogen and oxygen atoms in total. The quantitative estimate of drug-likeness (QED) is 0.829. The molecule has 0 aromatic heterocycles. The molecule has 0 radical (unpaired) electrons. The van der Waals surface area contributed by atoms with E-state index in [-0.39, 0.29) is 23.6 Å². The minimum atomic E-state index is -0.315. The van der Waals surface area contributed by atoms with Crippen molar-refractivity contribution in [3.05, 3.63) is 77.0 Å². The van der Waals surface area contributed by atoms with Crippen molar-refractivity contribution in [2.75, 3.05) is 0 Å². The number of rotatable bonds is 5. The lowest BCUT2D eigenvalue weighted by Gasteiger charge is -2.16. The van der Waals surface area contributed by atoms with E-state index in [2.05, 4.69) is 10.6 Å². The lowest BCUT2D eigenvalue weighted by Crippen LogP contribution is -2.35. The van der Waals surface area contributed by atoms with Crippen LogP contribution in [0.25, 0.3) is 6.08 Å². The maximum Gasteiger partial charge on any atom is 0.268 e. The average molecular weight is 322 g/mol. The largest absolute Gasteiger partial charge is 0.344 e. The predicted octanol–water partition coefficient (Wildman–Crippen LogP) is 3.35. The first-order chi connectivity index (χ1) is 11.5. The highest BCUT2D eigenvalue weighted by atomic mass is 16.2. The van der Waals surface area contributed by atoms with E-state index in [4.69, 9.17) is 0 Å². The lowest BCUT2D eigenvalue weighted by atomic mass is 10.1. The van der Waals surface area contributed by atoms with Crippen molar-refractivity contribution in [2.24, 2.45) is 0 Å². The highest BCUT2D eigenvalue weighted by molar-refractivity contribution is 6.01. The van der Waals surface area contributed by atoms with Crippen molar-refractivity contribution in [3.8, 4) is 0 Å². The third kappa shape index (κ3) is 4.81. The van der Waals surface area contributed by atoms with Crippen molar-refractivity contribution >= 4 is 17.9 Å². The second kappa shape index (κ2) is 8.11. The first kappa shape index (κ1) is 17.5. The first-order valence-electron chi connectivity index (χ1n) is 7.88. The fourth-order valence-corrected chi connectivity index (χ4v) is 2.35. The Kier molecular flexibility index (Phi) is 5.90. The Balaban J connectivity index is 2.23. The summed E-state index contributed by atoms with van der Waals surface area (Å²) in [5.41, 5.74) is 3.16. The van der Waals surface area contributed by atoms with Gasteiger partial charge in [0.15, 0.2) is 0 Å². The molecule has 2 aromatic rings. The van der Waals surface area contributed by atoms with Crippen molar-refractivity contribution in [1.29, 1.82) is 0 Å². The summed E-state index contributed by atoms with van der Waals surface area (Å²) >= 11 is 0. The third-order valence-electron chi connectivity index (χ3n) is 3.69. The van der Waals surface area contributed by atoms with E-state index in [1.54, 1.807) is 6.08 Å². The molecule has 0 unspecified atom stereocenters. The Morgan fingerprint density at radius 3 is 2.25 bits per heavy atom. The Morgan fingerprint density at radius 2 is 1.62 bits per heavy atom. The minimum Gasteiger partial charge on any atom is -0.344 e. The van der Waals surface area contributed by atoms with Gasteiger partial charge in [0.1, 0.15) is 5.70 Å². The van der Waals surface area contributed by atoms with E-state index in [0.717, 1.165) is 16.7 Å². The van der Waals surface area contributed by atoms with E-state index in [1.165, 1.54) is 6.92 Å². The van der Waals surface area contributed by atoms with Crippen LogP contribution in [0.3, 0.4) is 0 Å². The van der Waals surface area contributed by atoms with Crippen LogP contribution in [0.4, 0.5) is 0 Å². The highest BCUT2D eigenvalue weighted by Crippen LogP contribution is 2.14. The molecule has 2 rings (SSSR count). The maximum atomic E-state index is 12.6. The Labute approximate surface area is 142 Å². The SMILES string of the molecule is CC(=O)N/C(=C/c1ccccc1C)C(=O)N[C@@H](C)c1ccccc1. The van der Waals surface area contributed by atoms with Crippen molar-refractivity contribution < 1.29 is 9.59 Å². The van der Waals surface area contributed by atoms with E-state index >= 15 is 0 Å². The summed E-state index contributed by atoms with van der Waals surface area (Å²) in [5.74, 6) is -0.595. The molecule has 0 heterocycles. The Morgan fingerprint density at radius 1 is 1.00 bits per heavy atom. The van der Waals surface area contributed by atoms with Crippen LogP contribution in [0, 0.1) is 6.92 Å². The molecule has 0 spiro atoms. The van der Waals surface area contributed by atoms with Crippen LogP contribution < -0.4 is 10.6 Å². The molecule has 0 saturated heterocycles. The number of hydrogen-bond donors (Lipinski definition) is 2. The molecule has 0 fully saturated rings. The number of carbonyl (C=O) groups is 2. The summed E-state index contributed by atoms with van der Waals surface area (Å²) in [7, 11) is 0. The summed E-state index contributed by atoms with van der Waals surface area (Å²) in [4.78, 5) is 24.0. The van der Waals surface area contributed by atoms with Crippen LogP contribution in [0.1, 0.15) is 36.6 Å². The molecule has 0 saturated carbocycles. The number of carbonyl (C=O) groups excluding carboxylic acids is 2. The number of amides is 2. The summed E-state index contributed by atoms with van der Waals surface area (Å²) in [6.07, 6.45) is 1.70. The summed E-state index contributed by atoms with van der Waals surface area (Å²) in [5, 5.41) is 5.54. The second-order valence-electron chi connectivity index (χ2n) is 5.70. The molecule has 0 aliphatic rings. The molecule has 1 atom stereocenters. The molecule has 0 aliphatic heterocycles. The molecule has 0 aliphatic carbocycles. The standard InChI is InChI=1S/C20H22N2O2/c1-14-9-7-8-12-18(14)13-19(22-16(3)23)20(24)21-15(2)17-10-5-4-6-11-17/h4-13,15H,1-3H3,(H,21,24)(H,22,23)/b19-13+/t15-/m0/s1. The zero-order chi connectivity index (χ0) is 17.5. The topological polar surface area (TPSA) is 58.2 Å². The van der Waals surface area contributed by atoms with Crippen LogP contribution in [-0.2, 0) is 9.59 Å². The van der Waals surface area contributed by atoms with Crippen LogP contribution in [0.2, 0.25) is 0 Å². The monoisotopic (exact) mass is 322 g/mol. The van der Waals surface area contributed by atoms with Crippen molar-refractivity contribution in [1.82, 2.24) is 10.6 Å². The van der Waals surface area contributed by atoms with Crippen LogP contribution >= 0.6 is 0 Å². The maximum absolute atomic E-state index is 12.6. The molecule has 2 amide bonds. The summed E-state index contributed by atoms with van der Waals surface area (Å²) in [6.45, 7) is 5.26. The number of aryl methyl sites for hydroxylation is 1. The van der Waals surface area contributed by atoms with Gasteiger partial charge >= 0.3 is 0 Å². The first-order valence-corrected chi connectivity index (χ1v) is 7.88. The highest BCUT2D eigenvalue weighted by Gasteiger charge is 2.15. The van der Waals surface area contributed by atoms with Crippen LogP contribution in [0.5, 0.6) is 0 Å². The van der Waals surface area contributed by atoms with Gasteiger partial charge in [0.05, 0.1) is 6.04 Å². The zero-order valence-electron chi connectivity index (χ0n) is 14.2. The van der Waals surface area contributed by atoms with Gasteiger partial charge in [0, 0.05) is 6.92 Å². The zero-order valence-corrected chi connectivity index (χ0v) is 14.2. The number of hydrogen-bond acceptors (Lipinski definition) is 2. The molecule has 2 aromatic carbocycles. The van der Waals surface area contributed by atoms with E-state index in [9.17, 15) is 9.59 Å². The van der Waals surface area contributed by atoms with Gasteiger partial charge in [-0.05, 0) is 36.6 Å². The van der Waals surface area contributed by atoms with Crippen molar-refractivity contribution in [3.63, 3.8) is 0 Å². The predicted molar refractivity (Wildman–Crippen MR) is 96.0 cm³/mol. The van der Waals surface area contributed by atoms with E-state index in [1.807, 2.05) is 68.4 Å². The molecule has 2 N–H and O–H groups in total. The molecular formula is C20H22N2O2. The normalized spacial score (nSPS) is 12.4. The Hall–Kier alpha value is -2.88. The van der Waals surface area contributed by atoms with Gasteiger partial charge in [-0.15, -0.1) is 0 Å². The Bertz CT molecular complexity index is 751. The second-order valence-corrected chi connectivity index (χ2v) is 5.70. The van der Waals surface area contributed by atoms with E-state index < -0.39 is 0 Å². The smallest absolute Gasteiger partial charge is 0.268 e. The molecule has 4 heteroatoms. The van der Waals surface area contributed by atoms with Gasteiger partial charge in [-0.2, -0.15) is 0 Å². The minimum absolute atomic E-state index is 0.160. The lowest BCUT2D eigenvalue weighted by molar-refractivity contribution is -0.122. The fraction of sp³-hybridized carbons (Fsp3) is 0.200. The summed E-state index contributed by atoms with van der Waals surface area (Å²) < 4.78 is 0. The molecule has 124 valence electrons. The average Bonchev–Trinajstić information content (AvgIpc) is 2.56. The van der Waals surface area contributed by atoms with Gasteiger partial charge in [-0.1, -0.05) is 54.6 Å². The molecule has 0 bridgehead atoms. The van der Waals surface area contributed by atoms with Gasteiger partial charge < -0.3 is 10.6 Å². The van der Waals surface area contributed by atoms with Gasteiger partial charge in [-0.3, -0.25) is 9.59 Å². The van der Waals surface area contributed by atoms with Crippen LogP contribution in [-0.4, -0.2) is 11.8 Å².